The number of aliphatic carboxylic acids is 1. The van der Waals surface area contributed by atoms with Gasteiger partial charge in [-0.2, -0.15) is 0 Å². The molecule has 0 spiro atoms. The molecule has 15 heavy (non-hydrogen) atoms. The van der Waals surface area contributed by atoms with Crippen molar-refractivity contribution in [3.8, 4) is 0 Å². The molecule has 1 aliphatic heterocycles. The molecule has 0 aromatic heterocycles. The molecule has 0 radical (unpaired) electrons. The number of carboxylic acids is 1. The van der Waals surface area contributed by atoms with Gasteiger partial charge in [0.15, 0.2) is 11.7 Å². The second-order valence-corrected chi connectivity index (χ2v) is 4.04. The molecule has 1 heterocycles. The summed E-state index contributed by atoms with van der Waals surface area (Å²) in [4.78, 5) is 26.4. The summed E-state index contributed by atoms with van der Waals surface area (Å²) >= 11 is 3.25. The van der Waals surface area contributed by atoms with E-state index >= 15 is 0 Å². The van der Waals surface area contributed by atoms with Gasteiger partial charge in [-0.1, -0.05) is 15.9 Å². The van der Waals surface area contributed by atoms with Crippen LogP contribution in [0.4, 0.5) is 5.69 Å². The molecule has 1 aliphatic rings. The number of ketones is 1. The second kappa shape index (κ2) is 3.58. The summed E-state index contributed by atoms with van der Waals surface area (Å²) in [7, 11) is 0. The number of carbonyl (C=O) groups excluding carboxylic acids is 1. The Balaban J connectivity index is 2.51. The molecule has 1 N–H and O–H groups in total. The van der Waals surface area contributed by atoms with Gasteiger partial charge >= 0.3 is 5.97 Å². The highest BCUT2D eigenvalue weighted by atomic mass is 79.9. The van der Waals surface area contributed by atoms with Crippen LogP contribution >= 0.6 is 15.9 Å². The van der Waals surface area contributed by atoms with Crippen molar-refractivity contribution < 1.29 is 14.7 Å². The van der Waals surface area contributed by atoms with Gasteiger partial charge in [0, 0.05) is 16.3 Å². The molecule has 0 saturated heterocycles. The number of Topliss-reactive ketones (excluding diaryl/α,β-unsaturated/α-hetero) is 1. The zero-order valence-corrected chi connectivity index (χ0v) is 9.06. The highest BCUT2D eigenvalue weighted by Crippen LogP contribution is 2.29. The van der Waals surface area contributed by atoms with Gasteiger partial charge in [0.25, 0.3) is 0 Å². The van der Waals surface area contributed by atoms with Gasteiger partial charge in [-0.25, -0.2) is 0 Å². The standard InChI is InChI=1S/C10H6BrNO3/c11-5-1-2-6-8(3-5)12-4-7(9(6)13)10(14)15/h1-4,7H,(H,14,15). The average molecular weight is 268 g/mol. The third-order valence-corrected chi connectivity index (χ3v) is 2.63. The lowest BCUT2D eigenvalue weighted by Crippen LogP contribution is -2.27. The minimum Gasteiger partial charge on any atom is -0.480 e. The molecule has 2 rings (SSSR count). The Hall–Kier alpha value is -1.49. The minimum atomic E-state index is -1.17. The Kier molecular flexibility index (Phi) is 2.40. The number of fused-ring (bicyclic) bond motifs is 1. The third-order valence-electron chi connectivity index (χ3n) is 2.14. The SMILES string of the molecule is O=C(O)C1C=Nc2cc(Br)ccc2C1=O. The molecule has 1 aromatic rings. The summed E-state index contributed by atoms with van der Waals surface area (Å²) in [6.45, 7) is 0. The maximum Gasteiger partial charge on any atom is 0.319 e. The maximum atomic E-state index is 11.7. The normalized spacial score (nSPS) is 18.7. The quantitative estimate of drug-likeness (QED) is 0.792. The molecule has 0 aliphatic carbocycles. The molecule has 0 bridgehead atoms. The van der Waals surface area contributed by atoms with E-state index in [1.165, 1.54) is 6.21 Å². The van der Waals surface area contributed by atoms with Crippen molar-refractivity contribution >= 4 is 39.6 Å². The molecule has 1 aromatic carbocycles. The second-order valence-electron chi connectivity index (χ2n) is 3.12. The first-order valence-electron chi connectivity index (χ1n) is 4.20. The van der Waals surface area contributed by atoms with E-state index in [1.807, 2.05) is 0 Å². The first-order chi connectivity index (χ1) is 7.09. The molecule has 1 atom stereocenters. The Morgan fingerprint density at radius 2 is 2.20 bits per heavy atom. The average Bonchev–Trinajstić information content (AvgIpc) is 2.17. The number of rotatable bonds is 1. The highest BCUT2D eigenvalue weighted by Gasteiger charge is 2.30. The topological polar surface area (TPSA) is 66.7 Å². The first kappa shape index (κ1) is 10.0. The lowest BCUT2D eigenvalue weighted by Gasteiger charge is -2.13. The zero-order valence-electron chi connectivity index (χ0n) is 7.48. The van der Waals surface area contributed by atoms with E-state index in [0.29, 0.717) is 11.3 Å². The molecule has 0 fully saturated rings. The van der Waals surface area contributed by atoms with E-state index in [2.05, 4.69) is 20.9 Å². The van der Waals surface area contributed by atoms with Crippen LogP contribution < -0.4 is 0 Å². The molecule has 4 nitrogen and oxygen atoms in total. The lowest BCUT2D eigenvalue weighted by molar-refractivity contribution is -0.137. The van der Waals surface area contributed by atoms with Crippen LogP contribution in [0, 0.1) is 5.92 Å². The van der Waals surface area contributed by atoms with Crippen LogP contribution in [0.5, 0.6) is 0 Å². The van der Waals surface area contributed by atoms with E-state index in [0.717, 1.165) is 4.47 Å². The number of carboxylic acid groups (broad SMARTS) is 1. The number of benzene rings is 1. The predicted octanol–water partition coefficient (Wildman–Crippen LogP) is 2.05. The van der Waals surface area contributed by atoms with Gasteiger partial charge in [0.05, 0.1) is 5.69 Å². The van der Waals surface area contributed by atoms with Crippen molar-refractivity contribution in [1.29, 1.82) is 0 Å². The molecule has 1 unspecified atom stereocenters. The summed E-state index contributed by atoms with van der Waals surface area (Å²) in [5.41, 5.74) is 0.861. The Bertz CT molecular complexity index is 482. The van der Waals surface area contributed by atoms with Crippen LogP contribution in [0.15, 0.2) is 27.7 Å². The van der Waals surface area contributed by atoms with E-state index < -0.39 is 17.7 Å². The molecular formula is C10H6BrNO3. The van der Waals surface area contributed by atoms with Crippen LogP contribution in [0.25, 0.3) is 0 Å². The van der Waals surface area contributed by atoms with Gasteiger partial charge in [0.2, 0.25) is 0 Å². The predicted molar refractivity (Wildman–Crippen MR) is 57.8 cm³/mol. The number of nitrogens with zero attached hydrogens (tertiary/aromatic N) is 1. The number of carbonyl (C=O) groups is 2. The van der Waals surface area contributed by atoms with Crippen LogP contribution in [0.1, 0.15) is 10.4 Å². The number of halogens is 1. The summed E-state index contributed by atoms with van der Waals surface area (Å²) in [5, 5.41) is 8.77. The van der Waals surface area contributed by atoms with Gasteiger partial charge < -0.3 is 5.11 Å². The number of hydrogen-bond donors (Lipinski definition) is 1. The first-order valence-corrected chi connectivity index (χ1v) is 4.99. The van der Waals surface area contributed by atoms with E-state index in [-0.39, 0.29) is 0 Å². The van der Waals surface area contributed by atoms with E-state index in [1.54, 1.807) is 18.2 Å². The fraction of sp³-hybridized carbons (Fsp3) is 0.100. The van der Waals surface area contributed by atoms with Gasteiger partial charge in [-0.05, 0) is 18.2 Å². The van der Waals surface area contributed by atoms with Crippen molar-refractivity contribution in [2.75, 3.05) is 0 Å². The van der Waals surface area contributed by atoms with Crippen molar-refractivity contribution in [3.05, 3.63) is 28.2 Å². The third kappa shape index (κ3) is 1.70. The fourth-order valence-corrected chi connectivity index (χ4v) is 1.73. The number of hydrogen-bond acceptors (Lipinski definition) is 3. The molecule has 76 valence electrons. The monoisotopic (exact) mass is 267 g/mol. The smallest absolute Gasteiger partial charge is 0.319 e. The molecule has 0 saturated carbocycles. The van der Waals surface area contributed by atoms with E-state index in [9.17, 15) is 9.59 Å². The molecule has 0 amide bonds. The summed E-state index contributed by atoms with van der Waals surface area (Å²) < 4.78 is 0.806. The summed E-state index contributed by atoms with van der Waals surface area (Å²) in [6.07, 6.45) is 1.17. The zero-order chi connectivity index (χ0) is 11.0. The largest absolute Gasteiger partial charge is 0.480 e. The van der Waals surface area contributed by atoms with Gasteiger partial charge in [0.1, 0.15) is 0 Å². The molecule has 5 heteroatoms. The Labute approximate surface area is 93.8 Å². The van der Waals surface area contributed by atoms with Crippen LogP contribution in [-0.4, -0.2) is 23.1 Å². The maximum absolute atomic E-state index is 11.7. The lowest BCUT2D eigenvalue weighted by atomic mass is 9.95. The van der Waals surface area contributed by atoms with Gasteiger partial charge in [-0.15, -0.1) is 0 Å². The van der Waals surface area contributed by atoms with Crippen LogP contribution in [-0.2, 0) is 4.79 Å². The fourth-order valence-electron chi connectivity index (χ4n) is 1.39. The summed E-state index contributed by atoms with van der Waals surface area (Å²) in [5.74, 6) is -2.74. The van der Waals surface area contributed by atoms with E-state index in [4.69, 9.17) is 5.11 Å². The Morgan fingerprint density at radius 1 is 1.47 bits per heavy atom. The van der Waals surface area contributed by atoms with Crippen LogP contribution in [0.2, 0.25) is 0 Å². The highest BCUT2D eigenvalue weighted by molar-refractivity contribution is 9.10. The van der Waals surface area contributed by atoms with Crippen molar-refractivity contribution in [2.24, 2.45) is 10.9 Å². The van der Waals surface area contributed by atoms with Gasteiger partial charge in [-0.3, -0.25) is 14.6 Å². The summed E-state index contributed by atoms with van der Waals surface area (Å²) in [6, 6.07) is 4.95. The van der Waals surface area contributed by atoms with Crippen molar-refractivity contribution in [2.45, 2.75) is 0 Å². The molecular weight excluding hydrogens is 262 g/mol. The Morgan fingerprint density at radius 3 is 2.87 bits per heavy atom. The minimum absolute atomic E-state index is 0.355. The number of aliphatic imine (C=N–C) groups is 1. The van der Waals surface area contributed by atoms with Crippen LogP contribution in [0.3, 0.4) is 0 Å². The van der Waals surface area contributed by atoms with Crippen molar-refractivity contribution in [3.63, 3.8) is 0 Å². The van der Waals surface area contributed by atoms with Crippen molar-refractivity contribution in [1.82, 2.24) is 0 Å².